The largest absolute Gasteiger partial charge is 0.416 e. The van der Waals surface area contributed by atoms with Gasteiger partial charge < -0.3 is 5.73 Å². The van der Waals surface area contributed by atoms with Gasteiger partial charge in [0.05, 0.1) is 23.1 Å². The van der Waals surface area contributed by atoms with E-state index in [1.165, 1.54) is 17.7 Å². The Balaban J connectivity index is 2.31. The zero-order valence-corrected chi connectivity index (χ0v) is 11.0. The summed E-state index contributed by atoms with van der Waals surface area (Å²) in [5.41, 5.74) is 5.98. The molecule has 7 heteroatoms. The highest BCUT2D eigenvalue weighted by molar-refractivity contribution is 5.41. The van der Waals surface area contributed by atoms with Crippen LogP contribution in [0, 0.1) is 6.92 Å². The van der Waals surface area contributed by atoms with Gasteiger partial charge in [-0.2, -0.15) is 13.2 Å². The van der Waals surface area contributed by atoms with Gasteiger partial charge in [0.2, 0.25) is 0 Å². The smallest absolute Gasteiger partial charge is 0.330 e. The van der Waals surface area contributed by atoms with Gasteiger partial charge in [-0.1, -0.05) is 11.3 Å². The molecule has 108 valence electrons. The lowest BCUT2D eigenvalue weighted by Crippen LogP contribution is -2.09. The van der Waals surface area contributed by atoms with E-state index in [-0.39, 0.29) is 5.56 Å². The Hall–Kier alpha value is -1.89. The second-order valence-electron chi connectivity index (χ2n) is 4.54. The van der Waals surface area contributed by atoms with Crippen LogP contribution in [0.15, 0.2) is 24.4 Å². The molecule has 0 radical (unpaired) electrons. The summed E-state index contributed by atoms with van der Waals surface area (Å²) in [6, 6.07) is 4.10. The first-order valence-corrected chi connectivity index (χ1v) is 6.21. The summed E-state index contributed by atoms with van der Waals surface area (Å²) in [6.07, 6.45) is -1.32. The molecule has 2 N–H and O–H groups in total. The first-order chi connectivity index (χ1) is 9.41. The molecule has 0 fully saturated rings. The maximum Gasteiger partial charge on any atom is 0.416 e. The SMILES string of the molecule is Cc1ccc(-n2cc(CCCN)nn2)cc1C(F)(F)F. The van der Waals surface area contributed by atoms with Crippen LogP contribution in [0.5, 0.6) is 0 Å². The normalized spacial score (nSPS) is 11.8. The summed E-state index contributed by atoms with van der Waals surface area (Å²) in [5.74, 6) is 0. The van der Waals surface area contributed by atoms with Crippen molar-refractivity contribution in [1.82, 2.24) is 15.0 Å². The number of aryl methyl sites for hydroxylation is 2. The number of halogens is 3. The molecule has 0 saturated heterocycles. The number of nitrogens with zero attached hydrogens (tertiary/aromatic N) is 3. The molecule has 20 heavy (non-hydrogen) atoms. The van der Waals surface area contributed by atoms with Crippen LogP contribution in [0.3, 0.4) is 0 Å². The number of aromatic nitrogens is 3. The fourth-order valence-electron chi connectivity index (χ4n) is 1.88. The van der Waals surface area contributed by atoms with E-state index < -0.39 is 11.7 Å². The Morgan fingerprint density at radius 2 is 2.05 bits per heavy atom. The van der Waals surface area contributed by atoms with Gasteiger partial charge in [-0.3, -0.25) is 0 Å². The van der Waals surface area contributed by atoms with Crippen LogP contribution >= 0.6 is 0 Å². The monoisotopic (exact) mass is 284 g/mol. The number of rotatable bonds is 4. The van der Waals surface area contributed by atoms with Crippen molar-refractivity contribution in [2.75, 3.05) is 6.54 Å². The standard InChI is InChI=1S/C13H15F3N4/c1-9-4-5-11(7-12(9)13(14,15)16)20-8-10(18-19-20)3-2-6-17/h4-5,7-8H,2-3,6,17H2,1H3. The molecular formula is C13H15F3N4. The van der Waals surface area contributed by atoms with E-state index >= 15 is 0 Å². The second kappa shape index (κ2) is 5.62. The molecule has 2 rings (SSSR count). The van der Waals surface area contributed by atoms with Crippen LogP contribution in [-0.4, -0.2) is 21.5 Å². The van der Waals surface area contributed by atoms with Crippen molar-refractivity contribution in [2.45, 2.75) is 25.9 Å². The Labute approximate surface area is 114 Å². The zero-order chi connectivity index (χ0) is 14.8. The van der Waals surface area contributed by atoms with Crippen LogP contribution in [-0.2, 0) is 12.6 Å². The van der Waals surface area contributed by atoms with E-state index in [0.29, 0.717) is 24.3 Å². The van der Waals surface area contributed by atoms with Crippen molar-refractivity contribution < 1.29 is 13.2 Å². The molecule has 0 saturated carbocycles. The third-order valence-corrected chi connectivity index (χ3v) is 2.97. The molecule has 0 aliphatic carbocycles. The molecule has 0 atom stereocenters. The summed E-state index contributed by atoms with van der Waals surface area (Å²) in [4.78, 5) is 0. The Morgan fingerprint density at radius 1 is 1.30 bits per heavy atom. The Bertz CT molecular complexity index is 590. The van der Waals surface area contributed by atoms with E-state index in [2.05, 4.69) is 10.3 Å². The van der Waals surface area contributed by atoms with Crippen molar-refractivity contribution in [3.8, 4) is 5.69 Å². The quantitative estimate of drug-likeness (QED) is 0.938. The number of nitrogens with two attached hydrogens (primary N) is 1. The van der Waals surface area contributed by atoms with Crippen molar-refractivity contribution in [2.24, 2.45) is 5.73 Å². The van der Waals surface area contributed by atoms with E-state index in [1.54, 1.807) is 12.3 Å². The molecule has 1 aromatic heterocycles. The predicted octanol–water partition coefficient (Wildman–Crippen LogP) is 2.49. The molecule has 0 bridgehead atoms. The van der Waals surface area contributed by atoms with Crippen LogP contribution in [0.1, 0.15) is 23.2 Å². The average Bonchev–Trinajstić information content (AvgIpc) is 2.84. The van der Waals surface area contributed by atoms with E-state index in [4.69, 9.17) is 5.73 Å². The first-order valence-electron chi connectivity index (χ1n) is 6.21. The van der Waals surface area contributed by atoms with Gasteiger partial charge in [0.15, 0.2) is 0 Å². The molecule has 0 aliphatic heterocycles. The van der Waals surface area contributed by atoms with E-state index in [9.17, 15) is 13.2 Å². The highest BCUT2D eigenvalue weighted by atomic mass is 19.4. The molecule has 1 heterocycles. The molecule has 2 aromatic rings. The summed E-state index contributed by atoms with van der Waals surface area (Å²) < 4.78 is 39.9. The van der Waals surface area contributed by atoms with Gasteiger partial charge in [-0.15, -0.1) is 5.10 Å². The highest BCUT2D eigenvalue weighted by Crippen LogP contribution is 2.32. The lowest BCUT2D eigenvalue weighted by molar-refractivity contribution is -0.138. The molecule has 1 aromatic carbocycles. The highest BCUT2D eigenvalue weighted by Gasteiger charge is 2.32. The maximum absolute atomic E-state index is 12.9. The van der Waals surface area contributed by atoms with E-state index in [1.807, 2.05) is 0 Å². The van der Waals surface area contributed by atoms with Gasteiger partial charge >= 0.3 is 6.18 Å². The molecule has 0 unspecified atom stereocenters. The van der Waals surface area contributed by atoms with Crippen LogP contribution in [0.25, 0.3) is 5.69 Å². The van der Waals surface area contributed by atoms with Crippen LogP contribution in [0.2, 0.25) is 0 Å². The molecular weight excluding hydrogens is 269 g/mol. The number of alkyl halides is 3. The lowest BCUT2D eigenvalue weighted by Gasteiger charge is -2.11. The molecule has 0 spiro atoms. The van der Waals surface area contributed by atoms with Crippen LogP contribution in [0.4, 0.5) is 13.2 Å². The Morgan fingerprint density at radius 3 is 2.70 bits per heavy atom. The van der Waals surface area contributed by atoms with Crippen molar-refractivity contribution in [3.63, 3.8) is 0 Å². The minimum Gasteiger partial charge on any atom is -0.330 e. The summed E-state index contributed by atoms with van der Waals surface area (Å²) in [7, 11) is 0. The van der Waals surface area contributed by atoms with E-state index in [0.717, 1.165) is 12.5 Å². The molecule has 0 aliphatic rings. The van der Waals surface area contributed by atoms with Crippen LogP contribution < -0.4 is 5.73 Å². The van der Waals surface area contributed by atoms with Gasteiger partial charge in [-0.25, -0.2) is 4.68 Å². The predicted molar refractivity (Wildman–Crippen MR) is 68.5 cm³/mol. The third-order valence-electron chi connectivity index (χ3n) is 2.97. The summed E-state index contributed by atoms with van der Waals surface area (Å²) in [6.45, 7) is 1.97. The molecule has 4 nitrogen and oxygen atoms in total. The number of hydrogen-bond donors (Lipinski definition) is 1. The summed E-state index contributed by atoms with van der Waals surface area (Å²) >= 11 is 0. The third kappa shape index (κ3) is 3.16. The van der Waals surface area contributed by atoms with Crippen molar-refractivity contribution in [3.05, 3.63) is 41.2 Å². The minimum absolute atomic E-state index is 0.185. The first kappa shape index (κ1) is 14.5. The van der Waals surface area contributed by atoms with Gasteiger partial charge in [0.1, 0.15) is 0 Å². The van der Waals surface area contributed by atoms with Gasteiger partial charge in [0, 0.05) is 0 Å². The minimum atomic E-state index is -4.37. The van der Waals surface area contributed by atoms with Gasteiger partial charge in [-0.05, 0) is 44.0 Å². The Kier molecular flexibility index (Phi) is 4.08. The number of hydrogen-bond acceptors (Lipinski definition) is 3. The zero-order valence-electron chi connectivity index (χ0n) is 11.0. The molecule has 0 amide bonds. The van der Waals surface area contributed by atoms with Crippen molar-refractivity contribution in [1.29, 1.82) is 0 Å². The van der Waals surface area contributed by atoms with Crippen molar-refractivity contribution >= 4 is 0 Å². The second-order valence-corrected chi connectivity index (χ2v) is 4.54. The average molecular weight is 284 g/mol. The number of benzene rings is 1. The fraction of sp³-hybridized carbons (Fsp3) is 0.385. The maximum atomic E-state index is 12.9. The summed E-state index contributed by atoms with van der Waals surface area (Å²) in [5, 5.41) is 7.77. The lowest BCUT2D eigenvalue weighted by atomic mass is 10.1. The van der Waals surface area contributed by atoms with Gasteiger partial charge in [0.25, 0.3) is 0 Å². The topological polar surface area (TPSA) is 56.7 Å². The fourth-order valence-corrected chi connectivity index (χ4v) is 1.88.